The second-order valence-corrected chi connectivity index (χ2v) is 6.73. The second-order valence-electron chi connectivity index (χ2n) is 6.73. The van der Waals surface area contributed by atoms with Crippen LogP contribution in [-0.4, -0.2) is 50.7 Å². The van der Waals surface area contributed by atoms with E-state index in [1.54, 1.807) is 46.0 Å². The van der Waals surface area contributed by atoms with Crippen LogP contribution in [-0.2, 0) is 11.3 Å². The zero-order chi connectivity index (χ0) is 21.7. The molecular formula is C21H24N6O3. The van der Waals surface area contributed by atoms with Crippen molar-refractivity contribution in [3.63, 3.8) is 0 Å². The van der Waals surface area contributed by atoms with Gasteiger partial charge < -0.3 is 16.0 Å². The Morgan fingerprint density at radius 1 is 1.07 bits per heavy atom. The number of hydrogen-bond donors (Lipinski definition) is 2. The van der Waals surface area contributed by atoms with Crippen molar-refractivity contribution in [1.82, 2.24) is 19.9 Å². The van der Waals surface area contributed by atoms with Gasteiger partial charge in [-0.25, -0.2) is 4.68 Å². The first-order valence-corrected chi connectivity index (χ1v) is 9.75. The summed E-state index contributed by atoms with van der Waals surface area (Å²) >= 11 is 0. The minimum atomic E-state index is -0.527. The van der Waals surface area contributed by atoms with Crippen molar-refractivity contribution in [2.45, 2.75) is 26.8 Å². The van der Waals surface area contributed by atoms with E-state index in [0.717, 1.165) is 5.52 Å². The summed E-state index contributed by atoms with van der Waals surface area (Å²) in [5, 5.41) is 10.9. The van der Waals surface area contributed by atoms with E-state index in [0.29, 0.717) is 35.4 Å². The highest BCUT2D eigenvalue weighted by molar-refractivity contribution is 5.98. The fourth-order valence-electron chi connectivity index (χ4n) is 3.10. The van der Waals surface area contributed by atoms with Gasteiger partial charge in [0, 0.05) is 42.9 Å². The predicted octanol–water partition coefficient (Wildman–Crippen LogP) is 2.04. The van der Waals surface area contributed by atoms with Gasteiger partial charge >= 0.3 is 0 Å². The first-order valence-electron chi connectivity index (χ1n) is 9.75. The Balaban J connectivity index is 1.61. The molecule has 30 heavy (non-hydrogen) atoms. The van der Waals surface area contributed by atoms with Crippen LogP contribution in [0.5, 0.6) is 0 Å². The van der Waals surface area contributed by atoms with Crippen LogP contribution in [0.3, 0.4) is 0 Å². The topological polar surface area (TPSA) is 123 Å². The van der Waals surface area contributed by atoms with Crippen molar-refractivity contribution in [2.75, 3.05) is 18.4 Å². The molecular weight excluding hydrogens is 384 g/mol. The highest BCUT2D eigenvalue weighted by Gasteiger charge is 2.17. The van der Waals surface area contributed by atoms with Crippen LogP contribution in [0.4, 0.5) is 5.69 Å². The molecule has 0 bridgehead atoms. The largest absolute Gasteiger partial charge is 0.366 e. The Morgan fingerprint density at radius 2 is 1.77 bits per heavy atom. The maximum atomic E-state index is 12.9. The maximum Gasteiger partial charge on any atom is 0.253 e. The van der Waals surface area contributed by atoms with Gasteiger partial charge in [-0.3, -0.25) is 14.4 Å². The summed E-state index contributed by atoms with van der Waals surface area (Å²) in [6.45, 7) is 5.29. The van der Waals surface area contributed by atoms with E-state index in [4.69, 9.17) is 5.73 Å². The van der Waals surface area contributed by atoms with Crippen molar-refractivity contribution >= 4 is 34.4 Å². The van der Waals surface area contributed by atoms with Gasteiger partial charge in [0.1, 0.15) is 5.52 Å². The molecule has 0 saturated heterocycles. The average molecular weight is 408 g/mol. The molecule has 9 nitrogen and oxygen atoms in total. The van der Waals surface area contributed by atoms with Crippen LogP contribution < -0.4 is 11.1 Å². The number of amides is 3. The molecule has 0 aliphatic heterocycles. The Labute approximate surface area is 173 Å². The van der Waals surface area contributed by atoms with Crippen LogP contribution in [0.25, 0.3) is 11.0 Å². The molecule has 0 radical (unpaired) electrons. The Kier molecular flexibility index (Phi) is 6.41. The van der Waals surface area contributed by atoms with Crippen LogP contribution in [0.1, 0.15) is 41.0 Å². The molecule has 9 heteroatoms. The van der Waals surface area contributed by atoms with Crippen molar-refractivity contribution in [3.05, 3.63) is 53.6 Å². The van der Waals surface area contributed by atoms with Crippen LogP contribution >= 0.6 is 0 Å². The quantitative estimate of drug-likeness (QED) is 0.590. The van der Waals surface area contributed by atoms with E-state index in [1.165, 1.54) is 0 Å². The Bertz CT molecular complexity index is 1070. The minimum Gasteiger partial charge on any atom is -0.366 e. The lowest BCUT2D eigenvalue weighted by Crippen LogP contribution is -2.33. The van der Waals surface area contributed by atoms with Gasteiger partial charge in [-0.15, -0.1) is 5.10 Å². The van der Waals surface area contributed by atoms with E-state index in [1.807, 2.05) is 19.9 Å². The summed E-state index contributed by atoms with van der Waals surface area (Å²) < 4.78 is 1.77. The molecule has 0 unspecified atom stereocenters. The monoisotopic (exact) mass is 408 g/mol. The fraction of sp³-hybridized carbons (Fsp3) is 0.286. The molecule has 0 aliphatic rings. The van der Waals surface area contributed by atoms with Gasteiger partial charge in [-0.1, -0.05) is 5.21 Å². The Morgan fingerprint density at radius 3 is 2.40 bits per heavy atom. The van der Waals surface area contributed by atoms with Crippen molar-refractivity contribution in [3.8, 4) is 0 Å². The molecule has 1 heterocycles. The summed E-state index contributed by atoms with van der Waals surface area (Å²) in [6.07, 6.45) is 0.144. The van der Waals surface area contributed by atoms with Gasteiger partial charge in [0.25, 0.3) is 5.91 Å². The highest BCUT2D eigenvalue weighted by atomic mass is 16.2. The number of nitrogens with two attached hydrogens (primary N) is 1. The van der Waals surface area contributed by atoms with E-state index < -0.39 is 5.91 Å². The standard InChI is InChI=1S/C21H24N6O3/c1-3-26(12-11-19(28)23-16-8-5-14(6-9-16)20(22)29)21(30)15-7-10-18-17(13-15)24-25-27(18)4-2/h5-10,13H,3-4,11-12H2,1-2H3,(H2,22,29)(H,23,28). The van der Waals surface area contributed by atoms with E-state index >= 15 is 0 Å². The average Bonchev–Trinajstić information content (AvgIpc) is 3.16. The van der Waals surface area contributed by atoms with Gasteiger partial charge in [-0.05, 0) is 56.3 Å². The normalized spacial score (nSPS) is 10.7. The zero-order valence-electron chi connectivity index (χ0n) is 17.0. The molecule has 1 aromatic heterocycles. The van der Waals surface area contributed by atoms with Gasteiger partial charge in [-0.2, -0.15) is 0 Å². The number of nitrogens with one attached hydrogen (secondary N) is 1. The van der Waals surface area contributed by atoms with E-state index in [2.05, 4.69) is 15.6 Å². The molecule has 2 aromatic carbocycles. The molecule has 0 saturated carbocycles. The number of nitrogens with zero attached hydrogens (tertiary/aromatic N) is 4. The molecule has 0 spiro atoms. The van der Waals surface area contributed by atoms with Crippen molar-refractivity contribution in [1.29, 1.82) is 0 Å². The number of anilines is 1. The van der Waals surface area contributed by atoms with Gasteiger partial charge in [0.15, 0.2) is 0 Å². The number of primary amides is 1. The summed E-state index contributed by atoms with van der Waals surface area (Å²) in [4.78, 5) is 37.8. The number of aromatic nitrogens is 3. The van der Waals surface area contributed by atoms with Crippen LogP contribution in [0, 0.1) is 0 Å². The summed E-state index contributed by atoms with van der Waals surface area (Å²) in [7, 11) is 0. The van der Waals surface area contributed by atoms with Gasteiger partial charge in [0.05, 0.1) is 5.52 Å². The zero-order valence-corrected chi connectivity index (χ0v) is 17.0. The summed E-state index contributed by atoms with van der Waals surface area (Å²) in [5.74, 6) is -0.918. The minimum absolute atomic E-state index is 0.144. The number of carbonyl (C=O) groups excluding carboxylic acids is 3. The lowest BCUT2D eigenvalue weighted by atomic mass is 10.1. The number of aryl methyl sites for hydroxylation is 1. The number of fused-ring (bicyclic) bond motifs is 1. The molecule has 3 aromatic rings. The summed E-state index contributed by atoms with van der Waals surface area (Å²) in [6, 6.07) is 11.6. The molecule has 0 aliphatic carbocycles. The third-order valence-corrected chi connectivity index (χ3v) is 4.79. The SMILES string of the molecule is CCN(CCC(=O)Nc1ccc(C(N)=O)cc1)C(=O)c1ccc2c(c1)nnn2CC. The predicted molar refractivity (Wildman–Crippen MR) is 113 cm³/mol. The smallest absolute Gasteiger partial charge is 0.253 e. The first-order chi connectivity index (χ1) is 14.4. The second kappa shape index (κ2) is 9.17. The molecule has 3 rings (SSSR count). The third kappa shape index (κ3) is 4.62. The van der Waals surface area contributed by atoms with E-state index in [-0.39, 0.29) is 24.8 Å². The highest BCUT2D eigenvalue weighted by Crippen LogP contribution is 2.16. The molecule has 0 fully saturated rings. The Hall–Kier alpha value is -3.75. The van der Waals surface area contributed by atoms with Crippen molar-refractivity contribution < 1.29 is 14.4 Å². The first kappa shape index (κ1) is 21.0. The molecule has 3 N–H and O–H groups in total. The van der Waals surface area contributed by atoms with Gasteiger partial charge in [0.2, 0.25) is 11.8 Å². The molecule has 156 valence electrons. The number of hydrogen-bond acceptors (Lipinski definition) is 5. The number of benzene rings is 2. The van der Waals surface area contributed by atoms with Crippen LogP contribution in [0.15, 0.2) is 42.5 Å². The molecule has 3 amide bonds. The van der Waals surface area contributed by atoms with E-state index in [9.17, 15) is 14.4 Å². The molecule has 0 atom stereocenters. The number of rotatable bonds is 8. The number of carbonyl (C=O) groups is 3. The lowest BCUT2D eigenvalue weighted by Gasteiger charge is -2.20. The fourth-order valence-corrected chi connectivity index (χ4v) is 3.10. The third-order valence-electron chi connectivity index (χ3n) is 4.79. The van der Waals surface area contributed by atoms with Crippen LogP contribution in [0.2, 0.25) is 0 Å². The summed E-state index contributed by atoms with van der Waals surface area (Å²) in [5.41, 5.74) is 8.18. The maximum absolute atomic E-state index is 12.9. The van der Waals surface area contributed by atoms with Crippen molar-refractivity contribution in [2.24, 2.45) is 5.73 Å². The lowest BCUT2D eigenvalue weighted by molar-refractivity contribution is -0.116.